The van der Waals surface area contributed by atoms with Crippen molar-refractivity contribution in [3.8, 4) is 5.69 Å². The largest absolute Gasteiger partial charge is 0.351 e. The lowest BCUT2D eigenvalue weighted by Crippen LogP contribution is -2.46. The van der Waals surface area contributed by atoms with Gasteiger partial charge in [-0.25, -0.2) is 4.68 Å². The molecule has 2 aromatic rings. The van der Waals surface area contributed by atoms with Crippen LogP contribution in [-0.4, -0.2) is 70.3 Å². The van der Waals surface area contributed by atoms with Crippen molar-refractivity contribution in [3.05, 3.63) is 36.2 Å². The number of hydrogen-bond acceptors (Lipinski definition) is 6. The maximum Gasteiger partial charge on any atom is 0.251 e. The van der Waals surface area contributed by atoms with E-state index in [1.54, 1.807) is 16.8 Å². The normalized spacial score (nSPS) is 15.6. The van der Waals surface area contributed by atoms with Crippen molar-refractivity contribution in [3.63, 3.8) is 0 Å². The van der Waals surface area contributed by atoms with Crippen LogP contribution in [0.5, 0.6) is 0 Å². The summed E-state index contributed by atoms with van der Waals surface area (Å²) in [6.45, 7) is 5.66. The molecule has 0 saturated carbocycles. The number of rotatable bonds is 5. The van der Waals surface area contributed by atoms with Crippen LogP contribution in [0.4, 0.5) is 0 Å². The predicted octanol–water partition coefficient (Wildman–Crippen LogP) is -0.703. The summed E-state index contributed by atoms with van der Waals surface area (Å²) in [6.07, 6.45) is 1.52. The van der Waals surface area contributed by atoms with Gasteiger partial charge in [0.15, 0.2) is 0 Å². The molecule has 0 bridgehead atoms. The number of benzene rings is 1. The fourth-order valence-corrected chi connectivity index (χ4v) is 2.41. The number of tetrazole rings is 1. The molecular formula is C14H19N7O. The summed E-state index contributed by atoms with van der Waals surface area (Å²) >= 11 is 0. The topological polar surface area (TPSA) is 88.0 Å². The Balaban J connectivity index is 1.49. The molecule has 2 heterocycles. The van der Waals surface area contributed by atoms with Crippen molar-refractivity contribution < 1.29 is 4.79 Å². The Bertz CT molecular complexity index is 590. The second-order valence-electron chi connectivity index (χ2n) is 5.15. The van der Waals surface area contributed by atoms with E-state index in [0.29, 0.717) is 12.1 Å². The third kappa shape index (κ3) is 3.66. The highest BCUT2D eigenvalue weighted by atomic mass is 16.1. The molecule has 116 valence electrons. The molecule has 0 radical (unpaired) electrons. The van der Waals surface area contributed by atoms with Crippen LogP contribution in [-0.2, 0) is 0 Å². The standard InChI is InChI=1S/C14H19N7O/c22-14(16-7-10-20-8-5-15-6-9-20)12-1-3-13(4-2-12)21-11-17-18-19-21/h1-4,11,15H,5-10H2,(H,16,22). The van der Waals surface area contributed by atoms with Gasteiger partial charge in [-0.15, -0.1) is 5.10 Å². The van der Waals surface area contributed by atoms with E-state index >= 15 is 0 Å². The van der Waals surface area contributed by atoms with Crippen molar-refractivity contribution in [2.45, 2.75) is 0 Å². The zero-order valence-corrected chi connectivity index (χ0v) is 12.3. The van der Waals surface area contributed by atoms with E-state index in [0.717, 1.165) is 38.4 Å². The highest BCUT2D eigenvalue weighted by Crippen LogP contribution is 2.07. The first kappa shape index (κ1) is 14.6. The summed E-state index contributed by atoms with van der Waals surface area (Å²) in [4.78, 5) is 14.4. The van der Waals surface area contributed by atoms with Crippen molar-refractivity contribution in [1.82, 2.24) is 35.7 Å². The molecule has 1 aromatic heterocycles. The van der Waals surface area contributed by atoms with Gasteiger partial charge in [0.2, 0.25) is 0 Å². The number of amides is 1. The molecule has 8 nitrogen and oxygen atoms in total. The Kier molecular flexibility index (Phi) is 4.71. The average Bonchev–Trinajstić information content (AvgIpc) is 3.10. The van der Waals surface area contributed by atoms with E-state index in [-0.39, 0.29) is 5.91 Å². The number of nitrogens with zero attached hydrogens (tertiary/aromatic N) is 5. The van der Waals surface area contributed by atoms with Crippen molar-refractivity contribution in [1.29, 1.82) is 0 Å². The maximum absolute atomic E-state index is 12.1. The van der Waals surface area contributed by atoms with E-state index in [4.69, 9.17) is 0 Å². The summed E-state index contributed by atoms with van der Waals surface area (Å²) in [5.41, 5.74) is 1.46. The molecule has 8 heteroatoms. The molecule has 2 N–H and O–H groups in total. The Morgan fingerprint density at radius 2 is 2.00 bits per heavy atom. The number of carbonyl (C=O) groups is 1. The summed E-state index contributed by atoms with van der Waals surface area (Å²) in [5.74, 6) is -0.0570. The minimum Gasteiger partial charge on any atom is -0.351 e. The minimum atomic E-state index is -0.0570. The quantitative estimate of drug-likeness (QED) is 0.759. The Morgan fingerprint density at radius 3 is 2.68 bits per heavy atom. The second-order valence-corrected chi connectivity index (χ2v) is 5.15. The fraction of sp³-hybridized carbons (Fsp3) is 0.429. The molecule has 0 aliphatic carbocycles. The number of carbonyl (C=O) groups excluding carboxylic acids is 1. The van der Waals surface area contributed by atoms with E-state index in [2.05, 4.69) is 31.1 Å². The van der Waals surface area contributed by atoms with Crippen molar-refractivity contribution in [2.24, 2.45) is 0 Å². The highest BCUT2D eigenvalue weighted by molar-refractivity contribution is 5.94. The molecule has 0 spiro atoms. The number of piperazine rings is 1. The zero-order chi connectivity index (χ0) is 15.2. The van der Waals surface area contributed by atoms with Crippen LogP contribution in [0, 0.1) is 0 Å². The van der Waals surface area contributed by atoms with Crippen molar-refractivity contribution in [2.75, 3.05) is 39.3 Å². The van der Waals surface area contributed by atoms with Gasteiger partial charge in [-0.05, 0) is 34.7 Å². The van der Waals surface area contributed by atoms with Crippen LogP contribution in [0.2, 0.25) is 0 Å². The van der Waals surface area contributed by atoms with Gasteiger partial charge in [0.25, 0.3) is 5.91 Å². The lowest BCUT2D eigenvalue weighted by atomic mass is 10.2. The van der Waals surface area contributed by atoms with Gasteiger partial charge in [-0.1, -0.05) is 0 Å². The predicted molar refractivity (Wildman–Crippen MR) is 80.8 cm³/mol. The highest BCUT2D eigenvalue weighted by Gasteiger charge is 2.10. The lowest BCUT2D eigenvalue weighted by Gasteiger charge is -2.27. The Labute approximate surface area is 128 Å². The first-order valence-corrected chi connectivity index (χ1v) is 7.37. The van der Waals surface area contributed by atoms with Gasteiger partial charge >= 0.3 is 0 Å². The smallest absolute Gasteiger partial charge is 0.251 e. The maximum atomic E-state index is 12.1. The van der Waals surface area contributed by atoms with Crippen LogP contribution in [0.3, 0.4) is 0 Å². The average molecular weight is 301 g/mol. The monoisotopic (exact) mass is 301 g/mol. The van der Waals surface area contributed by atoms with Gasteiger partial charge in [-0.2, -0.15) is 0 Å². The van der Waals surface area contributed by atoms with Crippen molar-refractivity contribution >= 4 is 5.91 Å². The minimum absolute atomic E-state index is 0.0570. The Morgan fingerprint density at radius 1 is 1.23 bits per heavy atom. The fourth-order valence-electron chi connectivity index (χ4n) is 2.41. The summed E-state index contributed by atoms with van der Waals surface area (Å²) in [7, 11) is 0. The van der Waals surface area contributed by atoms with Crippen LogP contribution >= 0.6 is 0 Å². The molecule has 0 atom stereocenters. The lowest BCUT2D eigenvalue weighted by molar-refractivity contribution is 0.0947. The van der Waals surface area contributed by atoms with Gasteiger partial charge in [0.1, 0.15) is 6.33 Å². The van der Waals surface area contributed by atoms with E-state index in [1.165, 1.54) is 6.33 Å². The number of hydrogen-bond donors (Lipinski definition) is 2. The van der Waals surface area contributed by atoms with Gasteiger partial charge in [0, 0.05) is 44.8 Å². The molecule has 1 amide bonds. The van der Waals surface area contributed by atoms with Gasteiger partial charge < -0.3 is 10.6 Å². The number of nitrogens with one attached hydrogen (secondary N) is 2. The molecule has 22 heavy (non-hydrogen) atoms. The third-order valence-corrected chi connectivity index (χ3v) is 3.67. The molecular weight excluding hydrogens is 282 g/mol. The molecule has 0 unspecified atom stereocenters. The first-order chi connectivity index (χ1) is 10.8. The molecule has 1 saturated heterocycles. The summed E-state index contributed by atoms with van der Waals surface area (Å²) < 4.78 is 1.55. The second kappa shape index (κ2) is 7.10. The molecule has 1 aliphatic heterocycles. The van der Waals surface area contributed by atoms with Gasteiger partial charge in [-0.3, -0.25) is 9.69 Å². The molecule has 1 aliphatic rings. The third-order valence-electron chi connectivity index (χ3n) is 3.67. The van der Waals surface area contributed by atoms with Crippen LogP contribution < -0.4 is 10.6 Å². The zero-order valence-electron chi connectivity index (χ0n) is 12.3. The SMILES string of the molecule is O=C(NCCN1CCNCC1)c1ccc(-n2cnnn2)cc1. The molecule has 1 aromatic carbocycles. The van der Waals surface area contributed by atoms with Crippen LogP contribution in [0.25, 0.3) is 5.69 Å². The van der Waals surface area contributed by atoms with Gasteiger partial charge in [0.05, 0.1) is 5.69 Å². The van der Waals surface area contributed by atoms with Crippen LogP contribution in [0.15, 0.2) is 30.6 Å². The first-order valence-electron chi connectivity index (χ1n) is 7.37. The van der Waals surface area contributed by atoms with E-state index < -0.39 is 0 Å². The Hall–Kier alpha value is -2.32. The van der Waals surface area contributed by atoms with Crippen LogP contribution in [0.1, 0.15) is 10.4 Å². The van der Waals surface area contributed by atoms with E-state index in [9.17, 15) is 4.79 Å². The summed E-state index contributed by atoms with van der Waals surface area (Å²) in [5, 5.41) is 17.2. The summed E-state index contributed by atoms with van der Waals surface area (Å²) in [6, 6.07) is 7.19. The van der Waals surface area contributed by atoms with E-state index in [1.807, 2.05) is 12.1 Å². The molecule has 3 rings (SSSR count). The molecule has 1 fully saturated rings. The number of aromatic nitrogens is 4.